The molecule has 0 radical (unpaired) electrons. The second-order valence-electron chi connectivity index (χ2n) is 4.78. The average Bonchev–Trinajstić information content (AvgIpc) is 2.52. The van der Waals surface area contributed by atoms with Crippen LogP contribution in [0.1, 0.15) is 31.9 Å². The minimum absolute atomic E-state index is 0.164. The maximum Gasteiger partial charge on any atom is 0.123 e. The Hall–Kier alpha value is -1.02. The first-order chi connectivity index (χ1) is 7.13. The molecule has 1 aliphatic rings. The van der Waals surface area contributed by atoms with Crippen LogP contribution in [0.3, 0.4) is 0 Å². The summed E-state index contributed by atoms with van der Waals surface area (Å²) in [6.45, 7) is 9.34. The van der Waals surface area contributed by atoms with Crippen LogP contribution in [0, 0.1) is 0 Å². The Bertz CT molecular complexity index is 358. The number of benzene rings is 1. The van der Waals surface area contributed by atoms with Gasteiger partial charge in [0.25, 0.3) is 0 Å². The normalized spacial score (nSPS) is 17.3. The van der Waals surface area contributed by atoms with Gasteiger partial charge in [0.05, 0.1) is 6.61 Å². The Kier molecular flexibility index (Phi) is 2.70. The predicted molar refractivity (Wildman–Crippen MR) is 62.3 cm³/mol. The molecule has 1 N–H and O–H groups in total. The highest BCUT2D eigenvalue weighted by molar-refractivity contribution is 5.45. The van der Waals surface area contributed by atoms with E-state index in [9.17, 15) is 0 Å². The zero-order valence-electron chi connectivity index (χ0n) is 9.76. The van der Waals surface area contributed by atoms with Crippen LogP contribution in [0.5, 0.6) is 5.75 Å². The third kappa shape index (κ3) is 2.00. The van der Waals surface area contributed by atoms with Gasteiger partial charge in [0.1, 0.15) is 5.75 Å². The van der Waals surface area contributed by atoms with Gasteiger partial charge < -0.3 is 10.1 Å². The average molecular weight is 205 g/mol. The summed E-state index contributed by atoms with van der Waals surface area (Å²) >= 11 is 0. The number of hydrogen-bond acceptors (Lipinski definition) is 2. The Labute approximate surface area is 91.6 Å². The molecular formula is C13H19NO. The molecule has 0 atom stereocenters. The molecule has 0 aliphatic carbocycles. The molecule has 82 valence electrons. The molecule has 0 unspecified atom stereocenters. The van der Waals surface area contributed by atoms with E-state index < -0.39 is 0 Å². The monoisotopic (exact) mass is 205 g/mol. The van der Waals surface area contributed by atoms with Gasteiger partial charge in [0.2, 0.25) is 0 Å². The molecular weight excluding hydrogens is 186 g/mol. The van der Waals surface area contributed by atoms with Crippen molar-refractivity contribution < 1.29 is 4.74 Å². The molecule has 0 saturated carbocycles. The third-order valence-electron chi connectivity index (χ3n) is 2.94. The first-order valence-electron chi connectivity index (χ1n) is 5.60. The van der Waals surface area contributed by atoms with Gasteiger partial charge in [-0.1, -0.05) is 32.9 Å². The van der Waals surface area contributed by atoms with Crippen molar-refractivity contribution in [2.24, 2.45) is 0 Å². The number of hydrogen-bond donors (Lipinski definition) is 1. The Morgan fingerprint density at radius 3 is 2.93 bits per heavy atom. The largest absolute Gasteiger partial charge is 0.492 e. The smallest absolute Gasteiger partial charge is 0.123 e. The fourth-order valence-electron chi connectivity index (χ4n) is 1.95. The number of fused-ring (bicyclic) bond motifs is 1. The lowest BCUT2D eigenvalue weighted by Crippen LogP contribution is -2.18. The highest BCUT2D eigenvalue weighted by Crippen LogP contribution is 2.38. The van der Waals surface area contributed by atoms with Crippen molar-refractivity contribution in [1.82, 2.24) is 5.32 Å². The lowest BCUT2D eigenvalue weighted by Gasteiger charge is -2.15. The maximum atomic E-state index is 5.65. The van der Waals surface area contributed by atoms with E-state index in [0.717, 1.165) is 25.4 Å². The minimum Gasteiger partial charge on any atom is -0.492 e. The number of rotatable bonds is 3. The van der Waals surface area contributed by atoms with Crippen molar-refractivity contribution >= 4 is 0 Å². The first-order valence-corrected chi connectivity index (χ1v) is 5.60. The van der Waals surface area contributed by atoms with Gasteiger partial charge in [0.15, 0.2) is 0 Å². The van der Waals surface area contributed by atoms with Gasteiger partial charge in [-0.05, 0) is 18.2 Å². The summed E-state index contributed by atoms with van der Waals surface area (Å²) in [4.78, 5) is 0. The van der Waals surface area contributed by atoms with E-state index in [2.05, 4.69) is 44.3 Å². The van der Waals surface area contributed by atoms with Gasteiger partial charge in [-0.2, -0.15) is 0 Å². The number of ether oxygens (including phenoxy) is 1. The van der Waals surface area contributed by atoms with Crippen molar-refractivity contribution in [3.05, 3.63) is 29.3 Å². The molecule has 1 aromatic carbocycles. The predicted octanol–water partition coefficient (Wildman–Crippen LogP) is 2.47. The van der Waals surface area contributed by atoms with E-state index in [1.54, 1.807) is 0 Å². The fourth-order valence-corrected chi connectivity index (χ4v) is 1.95. The molecule has 0 saturated heterocycles. The van der Waals surface area contributed by atoms with Crippen LogP contribution in [0.15, 0.2) is 18.2 Å². The van der Waals surface area contributed by atoms with Crippen LogP contribution < -0.4 is 10.1 Å². The Balaban J connectivity index is 2.25. The van der Waals surface area contributed by atoms with Crippen molar-refractivity contribution in [1.29, 1.82) is 0 Å². The molecule has 0 aromatic heterocycles. The van der Waals surface area contributed by atoms with Crippen LogP contribution in [0.2, 0.25) is 0 Å². The summed E-state index contributed by atoms with van der Waals surface area (Å²) in [5, 5.41) is 3.34. The van der Waals surface area contributed by atoms with E-state index in [4.69, 9.17) is 4.74 Å². The maximum absolute atomic E-state index is 5.65. The molecule has 0 fully saturated rings. The van der Waals surface area contributed by atoms with Crippen LogP contribution in [-0.2, 0) is 12.0 Å². The standard InChI is InChI=1S/C13H19NO/c1-4-14-8-10-5-6-12-11(7-10)13(2,3)9-15-12/h5-7,14H,4,8-9H2,1-3H3. The Morgan fingerprint density at radius 1 is 1.40 bits per heavy atom. The van der Waals surface area contributed by atoms with Gasteiger partial charge in [-0.15, -0.1) is 0 Å². The molecule has 1 aromatic rings. The van der Waals surface area contributed by atoms with E-state index in [-0.39, 0.29) is 5.41 Å². The fraction of sp³-hybridized carbons (Fsp3) is 0.538. The third-order valence-corrected chi connectivity index (χ3v) is 2.94. The summed E-state index contributed by atoms with van der Waals surface area (Å²) in [5.74, 6) is 1.06. The highest BCUT2D eigenvalue weighted by Gasteiger charge is 2.31. The summed E-state index contributed by atoms with van der Waals surface area (Å²) in [6.07, 6.45) is 0. The number of nitrogens with one attached hydrogen (secondary N) is 1. The van der Waals surface area contributed by atoms with Crippen LogP contribution >= 0.6 is 0 Å². The van der Waals surface area contributed by atoms with Crippen LogP contribution in [-0.4, -0.2) is 13.2 Å². The molecule has 2 heteroatoms. The van der Waals surface area contributed by atoms with Gasteiger partial charge in [-0.25, -0.2) is 0 Å². The zero-order chi connectivity index (χ0) is 10.9. The van der Waals surface area contributed by atoms with Crippen molar-refractivity contribution in [2.45, 2.75) is 32.7 Å². The molecule has 2 rings (SSSR count). The van der Waals surface area contributed by atoms with Crippen LogP contribution in [0.25, 0.3) is 0 Å². The lowest BCUT2D eigenvalue weighted by molar-refractivity contribution is 0.291. The summed E-state index contributed by atoms with van der Waals surface area (Å²) in [6, 6.07) is 6.50. The molecule has 1 heterocycles. The molecule has 0 bridgehead atoms. The van der Waals surface area contributed by atoms with Gasteiger partial charge in [0, 0.05) is 17.5 Å². The van der Waals surface area contributed by atoms with Gasteiger partial charge in [-0.3, -0.25) is 0 Å². The van der Waals surface area contributed by atoms with Crippen LogP contribution in [0.4, 0.5) is 0 Å². The SMILES string of the molecule is CCNCc1ccc2c(c1)C(C)(C)CO2. The van der Waals surface area contributed by atoms with Crippen molar-refractivity contribution in [2.75, 3.05) is 13.2 Å². The molecule has 2 nitrogen and oxygen atoms in total. The second kappa shape index (κ2) is 3.86. The second-order valence-corrected chi connectivity index (χ2v) is 4.78. The van der Waals surface area contributed by atoms with E-state index in [1.165, 1.54) is 11.1 Å². The molecule has 1 aliphatic heterocycles. The Morgan fingerprint density at radius 2 is 2.20 bits per heavy atom. The van der Waals surface area contributed by atoms with E-state index in [0.29, 0.717) is 0 Å². The van der Waals surface area contributed by atoms with Gasteiger partial charge >= 0.3 is 0 Å². The molecule has 0 amide bonds. The molecule has 0 spiro atoms. The van der Waals surface area contributed by atoms with Crippen molar-refractivity contribution in [3.8, 4) is 5.75 Å². The minimum atomic E-state index is 0.164. The quantitative estimate of drug-likeness (QED) is 0.818. The van der Waals surface area contributed by atoms with Crippen molar-refractivity contribution in [3.63, 3.8) is 0 Å². The summed E-state index contributed by atoms with van der Waals surface area (Å²) in [7, 11) is 0. The molecule has 15 heavy (non-hydrogen) atoms. The lowest BCUT2D eigenvalue weighted by atomic mass is 9.86. The first kappa shape index (κ1) is 10.5. The highest BCUT2D eigenvalue weighted by atomic mass is 16.5. The summed E-state index contributed by atoms with van der Waals surface area (Å²) in [5.41, 5.74) is 2.85. The van der Waals surface area contributed by atoms with E-state index >= 15 is 0 Å². The summed E-state index contributed by atoms with van der Waals surface area (Å²) < 4.78 is 5.65. The van der Waals surface area contributed by atoms with E-state index in [1.807, 2.05) is 0 Å². The topological polar surface area (TPSA) is 21.3 Å². The zero-order valence-corrected chi connectivity index (χ0v) is 9.76.